The van der Waals surface area contributed by atoms with Crippen LogP contribution in [0.25, 0.3) is 0 Å². The van der Waals surface area contributed by atoms with Crippen molar-refractivity contribution >= 4 is 11.8 Å². The number of allylic oxidation sites excluding steroid dienone is 3. The van der Waals surface area contributed by atoms with Crippen LogP contribution in [-0.2, 0) is 19.1 Å². The first-order valence-electron chi connectivity index (χ1n) is 12.2. The first-order chi connectivity index (χ1) is 17.9. The first kappa shape index (κ1) is 26.3. The number of carbonyl (C=O) groups is 2. The molecule has 1 N–H and O–H groups in total. The van der Waals surface area contributed by atoms with Gasteiger partial charge in [0.25, 0.3) is 0 Å². The van der Waals surface area contributed by atoms with Crippen LogP contribution in [0.4, 0.5) is 0 Å². The highest BCUT2D eigenvalue weighted by Gasteiger charge is 2.42. The van der Waals surface area contributed by atoms with Crippen molar-refractivity contribution in [1.82, 2.24) is 5.32 Å². The SMILES string of the molecule is COCCOC(=O)C1=C(C)NC2=C(C(=O)C[C@H](c3ccccc3OC)C2)[C@H]1c1ccc(OC)c(OC)c1. The molecule has 1 aliphatic heterocycles. The molecule has 2 aromatic carbocycles. The van der Waals surface area contributed by atoms with Gasteiger partial charge in [-0.3, -0.25) is 4.79 Å². The van der Waals surface area contributed by atoms with E-state index >= 15 is 0 Å². The monoisotopic (exact) mass is 507 g/mol. The van der Waals surface area contributed by atoms with Crippen LogP contribution in [0, 0.1) is 0 Å². The minimum atomic E-state index is -0.614. The predicted molar refractivity (Wildman–Crippen MR) is 138 cm³/mol. The van der Waals surface area contributed by atoms with Gasteiger partial charge in [0, 0.05) is 42.3 Å². The maximum Gasteiger partial charge on any atom is 0.336 e. The summed E-state index contributed by atoms with van der Waals surface area (Å²) in [6.45, 7) is 2.22. The Bertz CT molecular complexity index is 1250. The number of nitrogens with one attached hydrogen (secondary N) is 1. The van der Waals surface area contributed by atoms with Crippen molar-refractivity contribution in [1.29, 1.82) is 0 Å². The third-order valence-electron chi connectivity index (χ3n) is 6.89. The third-order valence-corrected chi connectivity index (χ3v) is 6.89. The summed E-state index contributed by atoms with van der Waals surface area (Å²) in [7, 11) is 6.30. The molecule has 2 atom stereocenters. The van der Waals surface area contributed by atoms with Gasteiger partial charge in [0.1, 0.15) is 12.4 Å². The van der Waals surface area contributed by atoms with Crippen molar-refractivity contribution in [3.05, 3.63) is 76.1 Å². The lowest BCUT2D eigenvalue weighted by molar-refractivity contribution is -0.140. The number of rotatable bonds is 9. The van der Waals surface area contributed by atoms with Gasteiger partial charge in [-0.15, -0.1) is 0 Å². The molecule has 37 heavy (non-hydrogen) atoms. The zero-order valence-corrected chi connectivity index (χ0v) is 21.9. The van der Waals surface area contributed by atoms with Crippen LogP contribution in [0.5, 0.6) is 17.2 Å². The van der Waals surface area contributed by atoms with Crippen LogP contribution in [0.3, 0.4) is 0 Å². The molecule has 0 radical (unpaired) electrons. The number of carbonyl (C=O) groups excluding carboxylic acids is 2. The lowest BCUT2D eigenvalue weighted by Crippen LogP contribution is -2.36. The van der Waals surface area contributed by atoms with Crippen molar-refractivity contribution < 1.29 is 33.3 Å². The number of hydrogen-bond acceptors (Lipinski definition) is 8. The first-order valence-corrected chi connectivity index (χ1v) is 12.2. The number of benzene rings is 2. The van der Waals surface area contributed by atoms with Crippen LogP contribution in [0.2, 0.25) is 0 Å². The van der Waals surface area contributed by atoms with Gasteiger partial charge in [0.2, 0.25) is 0 Å². The molecule has 0 amide bonds. The molecule has 0 unspecified atom stereocenters. The standard InChI is InChI=1S/C29H33NO7/c1-17-26(29(32)37-13-12-33-2)27(18-10-11-24(35-4)25(16-18)36-5)28-21(30-17)14-19(15-22(28)31)20-8-6-7-9-23(20)34-3/h6-11,16,19,27,30H,12-15H2,1-5H3/t19-,27+/m1/s1. The van der Waals surface area contributed by atoms with Crippen molar-refractivity contribution in [2.45, 2.75) is 31.6 Å². The molecular weight excluding hydrogens is 474 g/mol. The Morgan fingerprint density at radius 1 is 0.919 bits per heavy atom. The molecule has 8 nitrogen and oxygen atoms in total. The second kappa shape index (κ2) is 11.5. The molecule has 0 spiro atoms. The van der Waals surface area contributed by atoms with Gasteiger partial charge in [-0.05, 0) is 42.7 Å². The molecule has 0 saturated carbocycles. The molecule has 2 aromatic rings. The zero-order valence-electron chi connectivity index (χ0n) is 21.9. The summed E-state index contributed by atoms with van der Waals surface area (Å²) in [5.41, 5.74) is 4.15. The highest BCUT2D eigenvalue weighted by Crippen LogP contribution is 2.47. The average Bonchev–Trinajstić information content (AvgIpc) is 2.91. The number of Topliss-reactive ketones (excluding diaryl/α,β-unsaturated/α-hetero) is 1. The number of dihydropyridines is 1. The second-order valence-electron chi connectivity index (χ2n) is 9.00. The van der Waals surface area contributed by atoms with E-state index in [-0.39, 0.29) is 24.9 Å². The van der Waals surface area contributed by atoms with Gasteiger partial charge in [0.15, 0.2) is 17.3 Å². The Hall–Kier alpha value is -3.78. The van der Waals surface area contributed by atoms with Crippen molar-refractivity contribution in [3.63, 3.8) is 0 Å². The fourth-order valence-electron chi connectivity index (χ4n) is 5.19. The lowest BCUT2D eigenvalue weighted by atomic mass is 9.71. The molecule has 0 fully saturated rings. The quantitative estimate of drug-likeness (QED) is 0.398. The molecule has 1 heterocycles. The maximum atomic E-state index is 13.8. The topological polar surface area (TPSA) is 92.3 Å². The van der Waals surface area contributed by atoms with E-state index in [1.54, 1.807) is 34.5 Å². The molecule has 0 aromatic heterocycles. The molecule has 0 bridgehead atoms. The number of ketones is 1. The third kappa shape index (κ3) is 5.20. The Morgan fingerprint density at radius 3 is 2.35 bits per heavy atom. The van der Waals surface area contributed by atoms with Crippen molar-refractivity contribution in [2.75, 3.05) is 41.7 Å². The summed E-state index contributed by atoms with van der Waals surface area (Å²) in [6.07, 6.45) is 0.907. The Morgan fingerprint density at radius 2 is 1.65 bits per heavy atom. The molecular formula is C29H33NO7. The number of methoxy groups -OCH3 is 4. The van der Waals surface area contributed by atoms with Gasteiger partial charge in [-0.2, -0.15) is 0 Å². The summed E-state index contributed by atoms with van der Waals surface area (Å²) in [4.78, 5) is 27.1. The van der Waals surface area contributed by atoms with E-state index in [2.05, 4.69) is 5.32 Å². The van der Waals surface area contributed by atoms with E-state index < -0.39 is 11.9 Å². The predicted octanol–water partition coefficient (Wildman–Crippen LogP) is 4.26. The van der Waals surface area contributed by atoms with Crippen molar-refractivity contribution in [2.24, 2.45) is 0 Å². The van der Waals surface area contributed by atoms with E-state index in [9.17, 15) is 9.59 Å². The van der Waals surface area contributed by atoms with Crippen LogP contribution in [-0.4, -0.2) is 53.4 Å². The molecule has 8 heteroatoms. The van der Waals surface area contributed by atoms with E-state index in [4.69, 9.17) is 23.7 Å². The molecule has 196 valence electrons. The summed E-state index contributed by atoms with van der Waals surface area (Å²) in [5.74, 6) is 0.644. The Balaban J connectivity index is 1.80. The van der Waals surface area contributed by atoms with Crippen molar-refractivity contribution in [3.8, 4) is 17.2 Å². The highest BCUT2D eigenvalue weighted by molar-refractivity contribution is 6.04. The number of para-hydroxylation sites is 1. The van der Waals surface area contributed by atoms with Crippen LogP contribution < -0.4 is 19.5 Å². The van der Waals surface area contributed by atoms with E-state index in [0.717, 1.165) is 22.6 Å². The van der Waals surface area contributed by atoms with Gasteiger partial charge >= 0.3 is 5.97 Å². The van der Waals surface area contributed by atoms with E-state index in [1.165, 1.54) is 0 Å². The number of esters is 1. The molecule has 1 aliphatic carbocycles. The van der Waals surface area contributed by atoms with Crippen LogP contribution in [0.15, 0.2) is 65.0 Å². The second-order valence-corrected chi connectivity index (χ2v) is 9.00. The minimum Gasteiger partial charge on any atom is -0.496 e. The largest absolute Gasteiger partial charge is 0.496 e. The summed E-state index contributed by atoms with van der Waals surface area (Å²) >= 11 is 0. The maximum absolute atomic E-state index is 13.8. The lowest BCUT2D eigenvalue weighted by Gasteiger charge is -2.37. The Kier molecular flexibility index (Phi) is 8.18. The smallest absolute Gasteiger partial charge is 0.336 e. The summed E-state index contributed by atoms with van der Waals surface area (Å²) < 4.78 is 27.1. The fraction of sp³-hybridized carbons (Fsp3) is 0.379. The van der Waals surface area contributed by atoms with Gasteiger partial charge in [0.05, 0.1) is 33.5 Å². The van der Waals surface area contributed by atoms with Gasteiger partial charge in [-0.1, -0.05) is 24.3 Å². The molecule has 4 rings (SSSR count). The van der Waals surface area contributed by atoms with Gasteiger partial charge < -0.3 is 29.0 Å². The molecule has 0 saturated heterocycles. The fourth-order valence-corrected chi connectivity index (χ4v) is 5.19. The Labute approximate surface area is 217 Å². The average molecular weight is 508 g/mol. The van der Waals surface area contributed by atoms with Crippen LogP contribution in [0.1, 0.15) is 42.7 Å². The minimum absolute atomic E-state index is 0.0286. The number of hydrogen-bond donors (Lipinski definition) is 1. The van der Waals surface area contributed by atoms with Gasteiger partial charge in [-0.25, -0.2) is 4.79 Å². The number of ether oxygens (including phenoxy) is 5. The molecule has 2 aliphatic rings. The highest BCUT2D eigenvalue weighted by atomic mass is 16.6. The normalized spacial score (nSPS) is 19.2. The van der Waals surface area contributed by atoms with E-state index in [1.807, 2.05) is 43.3 Å². The van der Waals surface area contributed by atoms with E-state index in [0.29, 0.717) is 41.2 Å². The summed E-state index contributed by atoms with van der Waals surface area (Å²) in [6, 6.07) is 13.2. The van der Waals surface area contributed by atoms with Crippen LogP contribution >= 0.6 is 0 Å². The zero-order chi connectivity index (χ0) is 26.5. The summed E-state index contributed by atoms with van der Waals surface area (Å²) in [5, 5.41) is 3.37.